The third-order valence-corrected chi connectivity index (χ3v) is 13.8. The van der Waals surface area contributed by atoms with E-state index in [-0.39, 0.29) is 51.2 Å². The highest BCUT2D eigenvalue weighted by atomic mass is 16.5. The van der Waals surface area contributed by atoms with Crippen molar-refractivity contribution in [2.75, 3.05) is 0 Å². The number of rotatable bonds is 6. The smallest absolute Gasteiger partial charge is 0.302 e. The van der Waals surface area contributed by atoms with Crippen LogP contribution in [0.4, 0.5) is 0 Å². The molecule has 5 rings (SSSR count). The topological polar surface area (TPSA) is 107 Å². The number of fused-ring (bicyclic) bond motifs is 3. The van der Waals surface area contributed by atoms with E-state index in [0.717, 1.165) is 38.5 Å². The Kier molecular flexibility index (Phi) is 6.57. The summed E-state index contributed by atoms with van der Waals surface area (Å²) in [4.78, 5) is 11.9. The van der Waals surface area contributed by atoms with Gasteiger partial charge < -0.3 is 25.2 Å². The van der Waals surface area contributed by atoms with Gasteiger partial charge in [-0.1, -0.05) is 34.6 Å². The second-order valence-electron chi connectivity index (χ2n) is 16.1. The molecule has 6 nitrogen and oxygen atoms in total. The highest BCUT2D eigenvalue weighted by Crippen LogP contribution is 2.90. The fourth-order valence-electron chi connectivity index (χ4n) is 12.0. The number of carbonyl (C=O) groups is 1. The maximum atomic E-state index is 12.1. The summed E-state index contributed by atoms with van der Waals surface area (Å²) in [6.45, 7) is 16.2. The van der Waals surface area contributed by atoms with Gasteiger partial charge in [-0.05, 0) is 112 Å². The maximum absolute atomic E-state index is 12.1. The highest BCUT2D eigenvalue weighted by Gasteiger charge is 2.85. The van der Waals surface area contributed by atoms with Crippen LogP contribution in [0.15, 0.2) is 0 Å². The second-order valence-corrected chi connectivity index (χ2v) is 16.1. The fourth-order valence-corrected chi connectivity index (χ4v) is 12.0. The van der Waals surface area contributed by atoms with Crippen molar-refractivity contribution in [1.82, 2.24) is 0 Å². The standard InChI is InChI=1S/C32H54O6/c1-18(15-21(34)26(36)28(5,6)37)20-9-14-32-17-31(20,32)13-10-22-29(7)12-11-25(38-19(2)33)27(3,4)23(29)16-24(35)30(22,32)8/h18,20-26,34-37H,9-17H2,1-8H3/t18-,20-,21+,22+,23-,24+,25+,26-,29+,30-,31+,32+/m0/s1. The molecule has 5 saturated carbocycles. The van der Waals surface area contributed by atoms with Gasteiger partial charge in [0.25, 0.3) is 0 Å². The molecule has 0 radical (unpaired) electrons. The Hall–Kier alpha value is -0.690. The minimum atomic E-state index is -1.33. The number of hydrogen-bond donors (Lipinski definition) is 4. The first-order valence-electron chi connectivity index (χ1n) is 15.3. The molecule has 38 heavy (non-hydrogen) atoms. The van der Waals surface area contributed by atoms with Crippen LogP contribution in [0.5, 0.6) is 0 Å². The van der Waals surface area contributed by atoms with Gasteiger partial charge in [0.15, 0.2) is 0 Å². The van der Waals surface area contributed by atoms with Crippen LogP contribution in [0, 0.1) is 50.7 Å². The van der Waals surface area contributed by atoms with E-state index in [1.54, 1.807) is 13.8 Å². The van der Waals surface area contributed by atoms with Gasteiger partial charge in [0.1, 0.15) is 12.2 Å². The van der Waals surface area contributed by atoms with E-state index >= 15 is 0 Å². The van der Waals surface area contributed by atoms with Crippen LogP contribution in [0.25, 0.3) is 0 Å². The number of aliphatic hydroxyl groups is 4. The summed E-state index contributed by atoms with van der Waals surface area (Å²) in [6.07, 6.45) is 6.31. The average molecular weight is 535 g/mol. The Morgan fingerprint density at radius 3 is 2.29 bits per heavy atom. The SMILES string of the molecule is CC(=O)O[C@@H]1CC[C@]2(C)[C@H]3CC[C@]45C[C@]4(CC[C@H]5[C@@H](C)C[C@@H](O)[C@H](O)C(C)(C)O)[C@]3(C)[C@H](O)C[C@H]2C1(C)C. The average Bonchev–Trinajstić information content (AvgIpc) is 3.37. The van der Waals surface area contributed by atoms with Gasteiger partial charge in [0.2, 0.25) is 0 Å². The lowest BCUT2D eigenvalue weighted by molar-refractivity contribution is -0.245. The number of aliphatic hydroxyl groups excluding tert-OH is 3. The van der Waals surface area contributed by atoms with E-state index in [1.165, 1.54) is 19.8 Å². The van der Waals surface area contributed by atoms with E-state index in [1.807, 2.05) is 0 Å². The van der Waals surface area contributed by atoms with Gasteiger partial charge in [-0.15, -0.1) is 0 Å². The third kappa shape index (κ3) is 3.61. The number of esters is 1. The molecule has 0 amide bonds. The van der Waals surface area contributed by atoms with Gasteiger partial charge in [-0.2, -0.15) is 0 Å². The molecule has 0 unspecified atom stereocenters. The summed E-state index contributed by atoms with van der Waals surface area (Å²) in [5, 5.41) is 43.5. The zero-order valence-electron chi connectivity index (χ0n) is 25.1. The van der Waals surface area contributed by atoms with Gasteiger partial charge >= 0.3 is 5.97 Å². The number of hydrogen-bond acceptors (Lipinski definition) is 6. The molecule has 5 fully saturated rings. The van der Waals surface area contributed by atoms with Gasteiger partial charge in [0, 0.05) is 17.8 Å². The second kappa shape index (κ2) is 8.66. The predicted octanol–water partition coefficient (Wildman–Crippen LogP) is 4.85. The van der Waals surface area contributed by atoms with Crippen LogP contribution >= 0.6 is 0 Å². The van der Waals surface area contributed by atoms with E-state index in [0.29, 0.717) is 24.2 Å². The van der Waals surface area contributed by atoms with E-state index in [4.69, 9.17) is 4.74 Å². The Morgan fingerprint density at radius 2 is 1.68 bits per heavy atom. The minimum Gasteiger partial charge on any atom is -0.462 e. The van der Waals surface area contributed by atoms with E-state index in [2.05, 4.69) is 34.6 Å². The first kappa shape index (κ1) is 28.8. The molecular weight excluding hydrogens is 480 g/mol. The predicted molar refractivity (Wildman–Crippen MR) is 146 cm³/mol. The molecule has 5 aliphatic rings. The largest absolute Gasteiger partial charge is 0.462 e. The summed E-state index contributed by atoms with van der Waals surface area (Å²) in [5.74, 6) is 1.25. The van der Waals surface area contributed by atoms with Crippen molar-refractivity contribution >= 4 is 5.97 Å². The van der Waals surface area contributed by atoms with Crippen LogP contribution < -0.4 is 0 Å². The summed E-state index contributed by atoms with van der Waals surface area (Å²) in [7, 11) is 0. The molecule has 0 heterocycles. The third-order valence-electron chi connectivity index (χ3n) is 13.8. The van der Waals surface area contributed by atoms with Crippen molar-refractivity contribution in [3.8, 4) is 0 Å². The van der Waals surface area contributed by atoms with Crippen molar-refractivity contribution < 1.29 is 30.0 Å². The Bertz CT molecular complexity index is 956. The Morgan fingerprint density at radius 1 is 1.03 bits per heavy atom. The quantitative estimate of drug-likeness (QED) is 0.363. The van der Waals surface area contributed by atoms with Crippen LogP contribution in [0.3, 0.4) is 0 Å². The molecule has 5 aliphatic carbocycles. The molecule has 0 bridgehead atoms. The fraction of sp³-hybridized carbons (Fsp3) is 0.969. The molecule has 0 aromatic heterocycles. The minimum absolute atomic E-state index is 0.0983. The molecule has 0 aliphatic heterocycles. The summed E-state index contributed by atoms with van der Waals surface area (Å²) in [5.41, 5.74) is -1.18. The lowest BCUT2D eigenvalue weighted by Crippen LogP contribution is -2.66. The zero-order chi connectivity index (χ0) is 28.3. The lowest BCUT2D eigenvalue weighted by atomic mass is 9.37. The first-order chi connectivity index (χ1) is 17.4. The molecule has 0 aromatic rings. The van der Waals surface area contributed by atoms with Gasteiger partial charge in [-0.3, -0.25) is 4.79 Å². The first-order valence-corrected chi connectivity index (χ1v) is 15.3. The van der Waals surface area contributed by atoms with Crippen LogP contribution in [0.1, 0.15) is 113 Å². The lowest BCUT2D eigenvalue weighted by Gasteiger charge is -2.68. The molecule has 12 atom stereocenters. The molecule has 218 valence electrons. The molecule has 6 heteroatoms. The van der Waals surface area contributed by atoms with Crippen molar-refractivity contribution in [3.05, 3.63) is 0 Å². The van der Waals surface area contributed by atoms with Crippen molar-refractivity contribution in [3.63, 3.8) is 0 Å². The molecule has 0 saturated heterocycles. The van der Waals surface area contributed by atoms with Crippen molar-refractivity contribution in [2.24, 2.45) is 50.7 Å². The zero-order valence-corrected chi connectivity index (χ0v) is 25.1. The molecule has 0 aromatic carbocycles. The van der Waals surface area contributed by atoms with Crippen molar-refractivity contribution in [1.29, 1.82) is 0 Å². The van der Waals surface area contributed by atoms with Crippen molar-refractivity contribution in [2.45, 2.75) is 143 Å². The summed E-state index contributed by atoms with van der Waals surface area (Å²) >= 11 is 0. The van der Waals surface area contributed by atoms with Crippen LogP contribution in [-0.2, 0) is 9.53 Å². The van der Waals surface area contributed by atoms with Crippen LogP contribution in [0.2, 0.25) is 0 Å². The molecular formula is C32H54O6. The number of carbonyl (C=O) groups excluding carboxylic acids is 1. The van der Waals surface area contributed by atoms with E-state index < -0.39 is 17.8 Å². The molecule has 0 spiro atoms. The molecule has 4 N–H and O–H groups in total. The van der Waals surface area contributed by atoms with Gasteiger partial charge in [-0.25, -0.2) is 0 Å². The van der Waals surface area contributed by atoms with Crippen LogP contribution in [-0.4, -0.2) is 56.4 Å². The normalized spacial score (nSPS) is 49.5. The highest BCUT2D eigenvalue weighted by molar-refractivity contribution is 5.66. The van der Waals surface area contributed by atoms with E-state index in [9.17, 15) is 25.2 Å². The summed E-state index contributed by atoms with van der Waals surface area (Å²) in [6, 6.07) is 0. The summed E-state index contributed by atoms with van der Waals surface area (Å²) < 4.78 is 5.83. The Labute approximate surface area is 229 Å². The maximum Gasteiger partial charge on any atom is 0.302 e. The number of ether oxygens (including phenoxy) is 1. The van der Waals surface area contributed by atoms with Gasteiger partial charge in [0.05, 0.1) is 17.8 Å². The monoisotopic (exact) mass is 534 g/mol. The Balaban J connectivity index is 1.40.